The lowest BCUT2D eigenvalue weighted by Crippen LogP contribution is -2.27. The lowest BCUT2D eigenvalue weighted by atomic mass is 9.97. The van der Waals surface area contributed by atoms with Crippen LogP contribution in [0.5, 0.6) is 5.75 Å². The summed E-state index contributed by atoms with van der Waals surface area (Å²) in [6, 6.07) is 20.3. The van der Waals surface area contributed by atoms with Gasteiger partial charge in [0, 0.05) is 6.54 Å². The maximum atomic E-state index is 12.5. The van der Waals surface area contributed by atoms with E-state index in [9.17, 15) is 4.79 Å². The second-order valence-corrected chi connectivity index (χ2v) is 6.40. The predicted molar refractivity (Wildman–Crippen MR) is 102 cm³/mol. The van der Waals surface area contributed by atoms with Crippen LogP contribution in [-0.2, 0) is 11.3 Å². The number of hydrogen-bond acceptors (Lipinski definition) is 2. The molecule has 0 bridgehead atoms. The highest BCUT2D eigenvalue weighted by Crippen LogP contribution is 2.25. The molecule has 0 saturated heterocycles. The molecule has 1 unspecified atom stereocenters. The van der Waals surface area contributed by atoms with Crippen LogP contribution in [0.3, 0.4) is 0 Å². The first-order chi connectivity index (χ1) is 12.1. The summed E-state index contributed by atoms with van der Waals surface area (Å²) in [7, 11) is 1.66. The summed E-state index contributed by atoms with van der Waals surface area (Å²) in [5.74, 6) is 0.675. The van der Waals surface area contributed by atoms with Crippen molar-refractivity contribution in [1.29, 1.82) is 0 Å². The Hall–Kier alpha value is -2.81. The molecule has 0 aromatic heterocycles. The number of fused-ring (bicyclic) bond motifs is 1. The summed E-state index contributed by atoms with van der Waals surface area (Å²) >= 11 is 0. The van der Waals surface area contributed by atoms with E-state index in [-0.39, 0.29) is 11.8 Å². The fraction of sp³-hybridized carbons (Fsp3) is 0.227. The number of hydrogen-bond donors (Lipinski definition) is 1. The SMILES string of the molecule is COc1ccc2cc(C(C)C(=O)NCc3ccc(C)cc3)ccc2c1. The van der Waals surface area contributed by atoms with E-state index in [2.05, 4.69) is 30.4 Å². The molecule has 0 spiro atoms. The molecule has 0 heterocycles. The van der Waals surface area contributed by atoms with Crippen LogP contribution in [0, 0.1) is 6.92 Å². The van der Waals surface area contributed by atoms with Crippen LogP contribution in [0.15, 0.2) is 60.7 Å². The molecule has 3 rings (SSSR count). The molecule has 1 amide bonds. The lowest BCUT2D eigenvalue weighted by Gasteiger charge is -2.14. The zero-order valence-corrected chi connectivity index (χ0v) is 14.9. The normalized spacial score (nSPS) is 12.0. The molecule has 25 heavy (non-hydrogen) atoms. The van der Waals surface area contributed by atoms with Crippen molar-refractivity contribution in [1.82, 2.24) is 5.32 Å². The standard InChI is InChI=1S/C22H23NO2/c1-15-4-6-17(7-5-15)14-23-22(24)16(2)18-8-9-20-13-21(25-3)11-10-19(20)12-18/h4-13,16H,14H2,1-3H3,(H,23,24). The molecule has 0 aliphatic carbocycles. The Morgan fingerprint density at radius 1 is 1.00 bits per heavy atom. The molecule has 3 aromatic rings. The van der Waals surface area contributed by atoms with Gasteiger partial charge in [0.05, 0.1) is 13.0 Å². The fourth-order valence-electron chi connectivity index (χ4n) is 2.84. The van der Waals surface area contributed by atoms with Crippen molar-refractivity contribution in [2.24, 2.45) is 0 Å². The van der Waals surface area contributed by atoms with Crippen LogP contribution in [0.1, 0.15) is 29.5 Å². The molecule has 0 fully saturated rings. The van der Waals surface area contributed by atoms with Gasteiger partial charge < -0.3 is 10.1 Å². The number of amides is 1. The van der Waals surface area contributed by atoms with E-state index in [1.54, 1.807) is 7.11 Å². The minimum absolute atomic E-state index is 0.0356. The highest BCUT2D eigenvalue weighted by Gasteiger charge is 2.15. The van der Waals surface area contributed by atoms with E-state index in [4.69, 9.17) is 4.74 Å². The van der Waals surface area contributed by atoms with Crippen molar-refractivity contribution in [2.45, 2.75) is 26.3 Å². The monoisotopic (exact) mass is 333 g/mol. The van der Waals surface area contributed by atoms with Crippen molar-refractivity contribution in [3.8, 4) is 5.75 Å². The number of carbonyl (C=O) groups excluding carboxylic acids is 1. The highest BCUT2D eigenvalue weighted by atomic mass is 16.5. The van der Waals surface area contributed by atoms with Gasteiger partial charge in [-0.25, -0.2) is 0 Å². The van der Waals surface area contributed by atoms with Crippen LogP contribution < -0.4 is 10.1 Å². The largest absolute Gasteiger partial charge is 0.497 e. The Kier molecular flexibility index (Phi) is 5.03. The van der Waals surface area contributed by atoms with Gasteiger partial charge in [-0.15, -0.1) is 0 Å². The Morgan fingerprint density at radius 3 is 2.40 bits per heavy atom. The molecule has 0 radical (unpaired) electrons. The fourth-order valence-corrected chi connectivity index (χ4v) is 2.84. The molecule has 128 valence electrons. The highest BCUT2D eigenvalue weighted by molar-refractivity contribution is 5.88. The Bertz CT molecular complexity index is 884. The average molecular weight is 333 g/mol. The molecule has 3 aromatic carbocycles. The number of benzene rings is 3. The van der Waals surface area contributed by atoms with Gasteiger partial charge in [0.2, 0.25) is 5.91 Å². The van der Waals surface area contributed by atoms with Crippen LogP contribution in [0.4, 0.5) is 0 Å². The Labute approximate surface area is 148 Å². The van der Waals surface area contributed by atoms with E-state index in [0.29, 0.717) is 6.54 Å². The number of nitrogens with one attached hydrogen (secondary N) is 1. The van der Waals surface area contributed by atoms with Crippen molar-refractivity contribution in [3.63, 3.8) is 0 Å². The third-order valence-corrected chi connectivity index (χ3v) is 4.55. The summed E-state index contributed by atoms with van der Waals surface area (Å²) in [4.78, 5) is 12.5. The van der Waals surface area contributed by atoms with E-state index in [1.807, 2.05) is 49.4 Å². The minimum Gasteiger partial charge on any atom is -0.497 e. The van der Waals surface area contributed by atoms with Crippen LogP contribution in [0.25, 0.3) is 10.8 Å². The van der Waals surface area contributed by atoms with Crippen molar-refractivity contribution in [3.05, 3.63) is 77.4 Å². The third kappa shape index (κ3) is 4.00. The van der Waals surface area contributed by atoms with Crippen LogP contribution in [0.2, 0.25) is 0 Å². The second kappa shape index (κ2) is 7.39. The van der Waals surface area contributed by atoms with E-state index < -0.39 is 0 Å². The smallest absolute Gasteiger partial charge is 0.227 e. The molecule has 3 nitrogen and oxygen atoms in total. The van der Waals surface area contributed by atoms with Gasteiger partial charge >= 0.3 is 0 Å². The predicted octanol–water partition coefficient (Wildman–Crippen LogP) is 4.58. The summed E-state index contributed by atoms with van der Waals surface area (Å²) in [6.07, 6.45) is 0. The van der Waals surface area contributed by atoms with E-state index in [0.717, 1.165) is 27.6 Å². The molecule has 0 aliphatic heterocycles. The third-order valence-electron chi connectivity index (χ3n) is 4.55. The number of ether oxygens (including phenoxy) is 1. The van der Waals surface area contributed by atoms with Gasteiger partial charge in [0.25, 0.3) is 0 Å². The molecule has 0 saturated carbocycles. The second-order valence-electron chi connectivity index (χ2n) is 6.40. The lowest BCUT2D eigenvalue weighted by molar-refractivity contribution is -0.122. The quantitative estimate of drug-likeness (QED) is 0.742. The maximum absolute atomic E-state index is 12.5. The first-order valence-corrected chi connectivity index (χ1v) is 8.48. The summed E-state index contributed by atoms with van der Waals surface area (Å²) in [5.41, 5.74) is 3.34. The number of aryl methyl sites for hydroxylation is 1. The zero-order chi connectivity index (χ0) is 17.8. The Balaban J connectivity index is 1.70. The van der Waals surface area contributed by atoms with Gasteiger partial charge in [-0.3, -0.25) is 4.79 Å². The first-order valence-electron chi connectivity index (χ1n) is 8.48. The topological polar surface area (TPSA) is 38.3 Å². The summed E-state index contributed by atoms with van der Waals surface area (Å²) < 4.78 is 5.26. The number of methoxy groups -OCH3 is 1. The molecular weight excluding hydrogens is 310 g/mol. The van der Waals surface area contributed by atoms with Gasteiger partial charge in [-0.2, -0.15) is 0 Å². The van der Waals surface area contributed by atoms with E-state index >= 15 is 0 Å². The van der Waals surface area contributed by atoms with Crippen molar-refractivity contribution >= 4 is 16.7 Å². The van der Waals surface area contributed by atoms with Crippen molar-refractivity contribution in [2.75, 3.05) is 7.11 Å². The van der Waals surface area contributed by atoms with Crippen LogP contribution >= 0.6 is 0 Å². The first kappa shape index (κ1) is 17.0. The maximum Gasteiger partial charge on any atom is 0.227 e. The zero-order valence-electron chi connectivity index (χ0n) is 14.9. The summed E-state index contributed by atoms with van der Waals surface area (Å²) in [5, 5.41) is 5.24. The Morgan fingerprint density at radius 2 is 1.68 bits per heavy atom. The van der Waals surface area contributed by atoms with Crippen LogP contribution in [-0.4, -0.2) is 13.0 Å². The molecule has 1 atom stereocenters. The van der Waals surface area contributed by atoms with Gasteiger partial charge in [0.15, 0.2) is 0 Å². The van der Waals surface area contributed by atoms with Gasteiger partial charge in [-0.05, 0) is 47.9 Å². The minimum atomic E-state index is -0.197. The molecular formula is C22H23NO2. The van der Waals surface area contributed by atoms with Gasteiger partial charge in [-0.1, -0.05) is 54.1 Å². The number of carbonyl (C=O) groups is 1. The van der Waals surface area contributed by atoms with Crippen molar-refractivity contribution < 1.29 is 9.53 Å². The molecule has 3 heteroatoms. The number of rotatable bonds is 5. The average Bonchev–Trinajstić information content (AvgIpc) is 2.65. The summed E-state index contributed by atoms with van der Waals surface area (Å²) in [6.45, 7) is 4.54. The molecule has 0 aliphatic rings. The van der Waals surface area contributed by atoms with E-state index in [1.165, 1.54) is 5.56 Å². The molecule has 1 N–H and O–H groups in total. The van der Waals surface area contributed by atoms with Gasteiger partial charge in [0.1, 0.15) is 5.75 Å².